The third-order valence-corrected chi connectivity index (χ3v) is 3.75. The first kappa shape index (κ1) is 16.5. The third-order valence-electron chi connectivity index (χ3n) is 3.75. The van der Waals surface area contributed by atoms with E-state index < -0.39 is 0 Å². The monoisotopic (exact) mass is 334 g/mol. The van der Waals surface area contributed by atoms with Gasteiger partial charge in [-0.3, -0.25) is 9.59 Å². The van der Waals surface area contributed by atoms with E-state index in [1.165, 1.54) is 0 Å². The van der Waals surface area contributed by atoms with Gasteiger partial charge in [-0.25, -0.2) is 0 Å². The summed E-state index contributed by atoms with van der Waals surface area (Å²) in [5, 5.41) is 7.47. The number of fused-ring (bicyclic) bond motifs is 1. The third kappa shape index (κ3) is 4.14. The van der Waals surface area contributed by atoms with Crippen LogP contribution in [0, 0.1) is 0 Å². The van der Waals surface area contributed by atoms with E-state index in [-0.39, 0.29) is 18.4 Å². The van der Waals surface area contributed by atoms with Crippen LogP contribution < -0.4 is 15.4 Å². The predicted octanol–water partition coefficient (Wildman–Crippen LogP) is 3.22. The number of carbonyl (C=O) groups excluding carboxylic acids is 2. The molecule has 2 amide bonds. The average Bonchev–Trinajstić information content (AvgIpc) is 2.66. The topological polar surface area (TPSA) is 67.4 Å². The summed E-state index contributed by atoms with van der Waals surface area (Å²) in [4.78, 5) is 23.5. The largest absolute Gasteiger partial charge is 0.484 e. The average molecular weight is 334 g/mol. The number of nitrogens with one attached hydrogen (secondary N) is 2. The number of hydrogen-bond donors (Lipinski definition) is 2. The van der Waals surface area contributed by atoms with E-state index in [9.17, 15) is 9.59 Å². The summed E-state index contributed by atoms with van der Waals surface area (Å²) in [6.07, 6.45) is 0. The number of hydrogen-bond acceptors (Lipinski definition) is 3. The highest BCUT2D eigenvalue weighted by Crippen LogP contribution is 2.20. The molecule has 0 bridgehead atoms. The molecule has 126 valence electrons. The van der Waals surface area contributed by atoms with Crippen LogP contribution in [0.4, 0.5) is 5.69 Å². The van der Waals surface area contributed by atoms with Gasteiger partial charge in [-0.15, -0.1) is 0 Å². The van der Waals surface area contributed by atoms with Crippen LogP contribution in [-0.4, -0.2) is 25.5 Å². The van der Waals surface area contributed by atoms with Crippen LogP contribution >= 0.6 is 0 Å². The van der Waals surface area contributed by atoms with Gasteiger partial charge in [0.05, 0.1) is 0 Å². The molecule has 2 N–H and O–H groups in total. The fourth-order valence-corrected chi connectivity index (χ4v) is 2.45. The summed E-state index contributed by atoms with van der Waals surface area (Å²) in [6, 6.07) is 20.3. The number of carbonyl (C=O) groups is 2. The predicted molar refractivity (Wildman–Crippen MR) is 97.9 cm³/mol. The van der Waals surface area contributed by atoms with E-state index in [1.807, 2.05) is 42.5 Å². The van der Waals surface area contributed by atoms with Gasteiger partial charge in [-0.1, -0.05) is 30.3 Å². The molecule has 0 aliphatic carbocycles. The molecule has 0 aliphatic rings. The van der Waals surface area contributed by atoms with E-state index in [0.29, 0.717) is 17.0 Å². The van der Waals surface area contributed by atoms with Gasteiger partial charge in [-0.2, -0.15) is 0 Å². The molecule has 0 atom stereocenters. The maximum Gasteiger partial charge on any atom is 0.262 e. The molecule has 25 heavy (non-hydrogen) atoms. The zero-order chi connectivity index (χ0) is 17.6. The molecule has 0 saturated carbocycles. The zero-order valence-electron chi connectivity index (χ0n) is 13.8. The van der Waals surface area contributed by atoms with Crippen molar-refractivity contribution in [2.24, 2.45) is 0 Å². The molecule has 0 fully saturated rings. The molecule has 3 aromatic carbocycles. The Morgan fingerprint density at radius 1 is 0.920 bits per heavy atom. The fourth-order valence-electron chi connectivity index (χ4n) is 2.45. The molecule has 0 unspecified atom stereocenters. The fraction of sp³-hybridized carbons (Fsp3) is 0.100. The zero-order valence-corrected chi connectivity index (χ0v) is 13.8. The molecular formula is C20H18N2O3. The van der Waals surface area contributed by atoms with Crippen molar-refractivity contribution in [3.8, 4) is 5.75 Å². The van der Waals surface area contributed by atoms with Crippen molar-refractivity contribution in [2.45, 2.75) is 0 Å². The SMILES string of the molecule is CNC(=O)c1ccc(NC(=O)COc2ccc3ccccc3c2)cc1. The molecule has 0 aromatic heterocycles. The molecule has 3 rings (SSSR count). The number of benzene rings is 3. The summed E-state index contributed by atoms with van der Waals surface area (Å²) in [7, 11) is 1.57. The quantitative estimate of drug-likeness (QED) is 0.753. The number of amides is 2. The summed E-state index contributed by atoms with van der Waals surface area (Å²) >= 11 is 0. The van der Waals surface area contributed by atoms with Crippen LogP contribution in [0.25, 0.3) is 10.8 Å². The molecule has 5 nitrogen and oxygen atoms in total. The number of rotatable bonds is 5. The first-order valence-electron chi connectivity index (χ1n) is 7.89. The Bertz CT molecular complexity index is 904. The summed E-state index contributed by atoms with van der Waals surface area (Å²) < 4.78 is 5.55. The first-order chi connectivity index (χ1) is 12.2. The summed E-state index contributed by atoms with van der Waals surface area (Å²) in [6.45, 7) is -0.0878. The Morgan fingerprint density at radius 3 is 2.36 bits per heavy atom. The number of anilines is 1. The summed E-state index contributed by atoms with van der Waals surface area (Å²) in [5.41, 5.74) is 1.15. The van der Waals surface area contributed by atoms with Gasteiger partial charge in [0.15, 0.2) is 6.61 Å². The lowest BCUT2D eigenvalue weighted by molar-refractivity contribution is -0.118. The second kappa shape index (κ2) is 7.49. The van der Waals surface area contributed by atoms with E-state index in [2.05, 4.69) is 10.6 Å². The highest BCUT2D eigenvalue weighted by molar-refractivity contribution is 5.96. The minimum absolute atomic E-state index is 0.0878. The second-order valence-electron chi connectivity index (χ2n) is 5.50. The van der Waals surface area contributed by atoms with E-state index in [1.54, 1.807) is 31.3 Å². The van der Waals surface area contributed by atoms with E-state index in [4.69, 9.17) is 4.74 Å². The van der Waals surface area contributed by atoms with Crippen molar-refractivity contribution in [2.75, 3.05) is 19.0 Å². The molecule has 0 spiro atoms. The van der Waals surface area contributed by atoms with Gasteiger partial charge in [0.2, 0.25) is 0 Å². The molecule has 0 aliphatic heterocycles. The van der Waals surface area contributed by atoms with E-state index in [0.717, 1.165) is 10.8 Å². The molecule has 0 heterocycles. The van der Waals surface area contributed by atoms with Crippen LogP contribution in [-0.2, 0) is 4.79 Å². The van der Waals surface area contributed by atoms with Crippen molar-refractivity contribution in [3.63, 3.8) is 0 Å². The van der Waals surface area contributed by atoms with Crippen molar-refractivity contribution in [1.82, 2.24) is 5.32 Å². The van der Waals surface area contributed by atoms with Crippen LogP contribution in [0.2, 0.25) is 0 Å². The Kier molecular flexibility index (Phi) is 4.95. The lowest BCUT2D eigenvalue weighted by Gasteiger charge is -2.09. The van der Waals surface area contributed by atoms with Crippen LogP contribution in [0.3, 0.4) is 0 Å². The normalized spacial score (nSPS) is 10.3. The van der Waals surface area contributed by atoms with Crippen molar-refractivity contribution < 1.29 is 14.3 Å². The van der Waals surface area contributed by atoms with Crippen LogP contribution in [0.5, 0.6) is 5.75 Å². The van der Waals surface area contributed by atoms with Gasteiger partial charge in [-0.05, 0) is 47.2 Å². The van der Waals surface area contributed by atoms with Gasteiger partial charge in [0.1, 0.15) is 5.75 Å². The Hall–Kier alpha value is -3.34. The van der Waals surface area contributed by atoms with Crippen molar-refractivity contribution in [3.05, 3.63) is 72.3 Å². The molecule has 5 heteroatoms. The smallest absolute Gasteiger partial charge is 0.262 e. The minimum Gasteiger partial charge on any atom is -0.484 e. The van der Waals surface area contributed by atoms with Gasteiger partial charge >= 0.3 is 0 Å². The maximum absolute atomic E-state index is 12.0. The van der Waals surface area contributed by atoms with Crippen molar-refractivity contribution >= 4 is 28.3 Å². The highest BCUT2D eigenvalue weighted by atomic mass is 16.5. The van der Waals surface area contributed by atoms with Gasteiger partial charge in [0.25, 0.3) is 11.8 Å². The van der Waals surface area contributed by atoms with Crippen LogP contribution in [0.1, 0.15) is 10.4 Å². The Balaban J connectivity index is 1.57. The Morgan fingerprint density at radius 2 is 1.64 bits per heavy atom. The second-order valence-corrected chi connectivity index (χ2v) is 5.50. The lowest BCUT2D eigenvalue weighted by Crippen LogP contribution is -2.20. The standard InChI is InChI=1S/C20H18N2O3/c1-21-20(24)15-6-9-17(10-7-15)22-19(23)13-25-18-11-8-14-4-2-3-5-16(14)12-18/h2-12H,13H2,1H3,(H,21,24)(H,22,23). The van der Waals surface area contributed by atoms with Gasteiger partial charge < -0.3 is 15.4 Å². The first-order valence-corrected chi connectivity index (χ1v) is 7.89. The maximum atomic E-state index is 12.0. The lowest BCUT2D eigenvalue weighted by atomic mass is 10.1. The number of ether oxygens (including phenoxy) is 1. The highest BCUT2D eigenvalue weighted by Gasteiger charge is 2.06. The van der Waals surface area contributed by atoms with E-state index >= 15 is 0 Å². The molecule has 0 radical (unpaired) electrons. The van der Waals surface area contributed by atoms with Crippen LogP contribution in [0.15, 0.2) is 66.7 Å². The molecular weight excluding hydrogens is 316 g/mol. The van der Waals surface area contributed by atoms with Gasteiger partial charge in [0, 0.05) is 18.3 Å². The molecule has 0 saturated heterocycles. The molecule has 3 aromatic rings. The van der Waals surface area contributed by atoms with Crippen molar-refractivity contribution in [1.29, 1.82) is 0 Å². The summed E-state index contributed by atoms with van der Waals surface area (Å²) in [5.74, 6) is 0.210. The Labute approximate surface area is 145 Å². The minimum atomic E-state index is -0.263.